The average Bonchev–Trinajstić information content (AvgIpc) is 3.14. The number of benzene rings is 2. The Morgan fingerprint density at radius 1 is 1.13 bits per heavy atom. The summed E-state index contributed by atoms with van der Waals surface area (Å²) in [6, 6.07) is 17.7. The van der Waals surface area contributed by atoms with Crippen LogP contribution in [0.2, 0.25) is 0 Å². The highest BCUT2D eigenvalue weighted by Gasteiger charge is 2.22. The summed E-state index contributed by atoms with van der Waals surface area (Å²) in [6.07, 6.45) is 3.77. The third kappa shape index (κ3) is 5.52. The number of aromatic amines is 1. The molecule has 3 aromatic rings. The lowest BCUT2D eigenvalue weighted by Crippen LogP contribution is -2.37. The Kier molecular flexibility index (Phi) is 6.37. The zero-order valence-corrected chi connectivity index (χ0v) is 18.1. The molecule has 162 valence electrons. The smallest absolute Gasteiger partial charge is 0.274 e. The highest BCUT2D eigenvalue weighted by Crippen LogP contribution is 2.28. The minimum Gasteiger partial charge on any atom is -0.508 e. The van der Waals surface area contributed by atoms with E-state index in [1.165, 1.54) is 11.1 Å². The molecule has 1 aliphatic rings. The van der Waals surface area contributed by atoms with E-state index in [1.807, 2.05) is 26.2 Å². The van der Waals surface area contributed by atoms with Crippen molar-refractivity contribution in [2.75, 3.05) is 26.0 Å². The van der Waals surface area contributed by atoms with E-state index in [2.05, 4.69) is 44.5 Å². The lowest BCUT2D eigenvalue weighted by Gasteiger charge is -2.25. The first-order valence-corrected chi connectivity index (χ1v) is 10.8. The van der Waals surface area contributed by atoms with Crippen LogP contribution < -0.4 is 10.9 Å². The summed E-state index contributed by atoms with van der Waals surface area (Å²) in [6.45, 7) is 0.648. The summed E-state index contributed by atoms with van der Waals surface area (Å²) in [5.41, 5.74) is 4.71. The van der Waals surface area contributed by atoms with Crippen LogP contribution in [-0.4, -0.2) is 46.7 Å². The molecule has 0 saturated carbocycles. The standard InChI is InChI=1S/C25H30N4O2/c1-29(2)22(14-17-7-9-23(30)10-8-17)16-26-25-27-21(15-24(31)28-25)13-18-11-19-5-3-4-6-20(19)12-18/h3-10,15,18,22,30H,11-14,16H2,1-2H3,(H2,26,27,28,31)/t22-/m1/s1. The highest BCUT2D eigenvalue weighted by molar-refractivity contribution is 5.33. The van der Waals surface area contributed by atoms with Gasteiger partial charge in [-0.2, -0.15) is 4.98 Å². The quantitative estimate of drug-likeness (QED) is 0.524. The molecular formula is C25H30N4O2. The average molecular weight is 419 g/mol. The van der Waals surface area contributed by atoms with Gasteiger partial charge in [0.25, 0.3) is 5.56 Å². The number of likely N-dealkylation sites (N-methyl/N-ethyl adjacent to an activating group) is 1. The number of phenolic OH excluding ortho intramolecular Hbond substituents is 1. The van der Waals surface area contributed by atoms with Gasteiger partial charge in [-0.3, -0.25) is 4.79 Å². The van der Waals surface area contributed by atoms with Gasteiger partial charge in [0.05, 0.1) is 0 Å². The van der Waals surface area contributed by atoms with Gasteiger partial charge in [0.1, 0.15) is 5.75 Å². The molecule has 1 heterocycles. The van der Waals surface area contributed by atoms with E-state index in [9.17, 15) is 9.90 Å². The molecule has 31 heavy (non-hydrogen) atoms. The molecule has 1 aromatic heterocycles. The van der Waals surface area contributed by atoms with Crippen LogP contribution in [0.1, 0.15) is 22.4 Å². The number of hydrogen-bond donors (Lipinski definition) is 3. The molecule has 0 unspecified atom stereocenters. The Morgan fingerprint density at radius 2 is 1.81 bits per heavy atom. The van der Waals surface area contributed by atoms with E-state index >= 15 is 0 Å². The fraction of sp³-hybridized carbons (Fsp3) is 0.360. The van der Waals surface area contributed by atoms with Crippen LogP contribution in [0, 0.1) is 5.92 Å². The van der Waals surface area contributed by atoms with Crippen molar-refractivity contribution in [1.82, 2.24) is 14.9 Å². The minimum atomic E-state index is -0.216. The second-order valence-corrected chi connectivity index (χ2v) is 8.71. The summed E-state index contributed by atoms with van der Waals surface area (Å²) in [5.74, 6) is 1.30. The van der Waals surface area contributed by atoms with E-state index in [1.54, 1.807) is 18.2 Å². The Bertz CT molecular complexity index is 1050. The van der Waals surface area contributed by atoms with Crippen LogP contribution >= 0.6 is 0 Å². The van der Waals surface area contributed by atoms with Gasteiger partial charge in [0.15, 0.2) is 0 Å². The maximum Gasteiger partial charge on any atom is 0.274 e. The highest BCUT2D eigenvalue weighted by atomic mass is 16.3. The van der Waals surface area contributed by atoms with Gasteiger partial charge >= 0.3 is 0 Å². The molecular weight excluding hydrogens is 388 g/mol. The van der Waals surface area contributed by atoms with Gasteiger partial charge < -0.3 is 20.3 Å². The number of rotatable bonds is 8. The molecule has 0 bridgehead atoms. The van der Waals surface area contributed by atoms with Crippen LogP contribution in [0.3, 0.4) is 0 Å². The Hall–Kier alpha value is -3.12. The van der Waals surface area contributed by atoms with Gasteiger partial charge in [0, 0.05) is 24.3 Å². The van der Waals surface area contributed by atoms with Gasteiger partial charge in [-0.05, 0) is 74.5 Å². The van der Waals surface area contributed by atoms with Gasteiger partial charge in [-0.25, -0.2) is 0 Å². The minimum absolute atomic E-state index is 0.211. The molecule has 0 radical (unpaired) electrons. The van der Waals surface area contributed by atoms with Crippen LogP contribution in [0.5, 0.6) is 5.75 Å². The zero-order valence-electron chi connectivity index (χ0n) is 18.1. The van der Waals surface area contributed by atoms with Gasteiger partial charge in [-0.15, -0.1) is 0 Å². The molecule has 3 N–H and O–H groups in total. The lowest BCUT2D eigenvalue weighted by molar-refractivity contribution is 0.303. The molecule has 0 aliphatic heterocycles. The van der Waals surface area contributed by atoms with Crippen LogP contribution in [-0.2, 0) is 25.7 Å². The number of aromatic hydroxyl groups is 1. The largest absolute Gasteiger partial charge is 0.508 e. The Morgan fingerprint density at radius 3 is 2.45 bits per heavy atom. The first-order chi connectivity index (χ1) is 15.0. The fourth-order valence-corrected chi connectivity index (χ4v) is 4.36. The lowest BCUT2D eigenvalue weighted by atomic mass is 10.00. The SMILES string of the molecule is CN(C)[C@@H](CNc1nc(=O)cc(CC2Cc3ccccc3C2)[nH]1)Cc1ccc(O)cc1. The van der Waals surface area contributed by atoms with Crippen molar-refractivity contribution >= 4 is 5.95 Å². The molecule has 0 amide bonds. The van der Waals surface area contributed by atoms with Crippen LogP contribution in [0.25, 0.3) is 0 Å². The van der Waals surface area contributed by atoms with Crippen molar-refractivity contribution in [1.29, 1.82) is 0 Å². The number of aromatic nitrogens is 2. The summed E-state index contributed by atoms with van der Waals surface area (Å²) < 4.78 is 0. The van der Waals surface area contributed by atoms with E-state index in [0.29, 0.717) is 18.4 Å². The molecule has 0 saturated heterocycles. The number of phenols is 1. The van der Waals surface area contributed by atoms with Crippen molar-refractivity contribution in [2.24, 2.45) is 5.92 Å². The molecule has 0 fully saturated rings. The van der Waals surface area contributed by atoms with Crippen molar-refractivity contribution in [3.05, 3.63) is 87.3 Å². The molecule has 2 aromatic carbocycles. The first-order valence-electron chi connectivity index (χ1n) is 10.8. The van der Waals surface area contributed by atoms with E-state index < -0.39 is 0 Å². The topological polar surface area (TPSA) is 81.2 Å². The monoisotopic (exact) mass is 418 g/mol. The fourth-order valence-electron chi connectivity index (χ4n) is 4.36. The molecule has 6 heteroatoms. The number of H-pyrrole nitrogens is 1. The Labute approximate surface area is 183 Å². The molecule has 1 atom stereocenters. The predicted octanol–water partition coefficient (Wildman–Crippen LogP) is 3.02. The summed E-state index contributed by atoms with van der Waals surface area (Å²) in [4.78, 5) is 21.8. The number of nitrogens with one attached hydrogen (secondary N) is 2. The molecule has 4 rings (SSSR count). The summed E-state index contributed by atoms with van der Waals surface area (Å²) in [5, 5.41) is 12.8. The molecule has 6 nitrogen and oxygen atoms in total. The number of hydrogen-bond acceptors (Lipinski definition) is 5. The van der Waals surface area contributed by atoms with Crippen LogP contribution in [0.4, 0.5) is 5.95 Å². The number of fused-ring (bicyclic) bond motifs is 1. The van der Waals surface area contributed by atoms with Gasteiger partial charge in [0.2, 0.25) is 5.95 Å². The van der Waals surface area contributed by atoms with Crippen molar-refractivity contribution in [3.8, 4) is 5.75 Å². The maximum atomic E-state index is 12.2. The third-order valence-corrected chi connectivity index (χ3v) is 6.09. The van der Waals surface area contributed by atoms with Crippen molar-refractivity contribution < 1.29 is 5.11 Å². The second kappa shape index (κ2) is 9.35. The van der Waals surface area contributed by atoms with Gasteiger partial charge in [-0.1, -0.05) is 36.4 Å². The zero-order chi connectivity index (χ0) is 21.8. The van der Waals surface area contributed by atoms with E-state index in [4.69, 9.17) is 0 Å². The number of nitrogens with zero attached hydrogens (tertiary/aromatic N) is 2. The molecule has 0 spiro atoms. The Balaban J connectivity index is 1.39. The first kappa shape index (κ1) is 21.1. The summed E-state index contributed by atoms with van der Waals surface area (Å²) >= 11 is 0. The summed E-state index contributed by atoms with van der Waals surface area (Å²) in [7, 11) is 4.08. The van der Waals surface area contributed by atoms with Crippen molar-refractivity contribution in [2.45, 2.75) is 31.7 Å². The normalized spacial score (nSPS) is 14.5. The molecule has 1 aliphatic carbocycles. The maximum absolute atomic E-state index is 12.2. The third-order valence-electron chi connectivity index (χ3n) is 6.09. The number of anilines is 1. The van der Waals surface area contributed by atoms with E-state index in [0.717, 1.165) is 36.9 Å². The van der Waals surface area contributed by atoms with Crippen LogP contribution in [0.15, 0.2) is 59.4 Å². The predicted molar refractivity (Wildman–Crippen MR) is 124 cm³/mol. The van der Waals surface area contributed by atoms with E-state index in [-0.39, 0.29) is 17.4 Å². The van der Waals surface area contributed by atoms with Crippen molar-refractivity contribution in [3.63, 3.8) is 0 Å². The second-order valence-electron chi connectivity index (χ2n) is 8.71.